The number of aliphatic hydroxyl groups is 2. The molecule has 0 bridgehead atoms. The summed E-state index contributed by atoms with van der Waals surface area (Å²) >= 11 is 0. The normalized spacial score (nSPS) is 11.3. The molecule has 0 saturated carbocycles. The number of alkyl halides is 6. The third-order valence-electron chi connectivity index (χ3n) is 6.47. The molecular weight excluding hydrogens is 582 g/mol. The second-order valence-electron chi connectivity index (χ2n) is 9.72. The van der Waals surface area contributed by atoms with E-state index in [1.807, 2.05) is 43.4 Å². The first-order valence-electron chi connectivity index (χ1n) is 13.1. The molecule has 0 radical (unpaired) electrons. The molecule has 242 valence electrons. The summed E-state index contributed by atoms with van der Waals surface area (Å²) in [5.74, 6) is 0. The third-order valence-corrected chi connectivity index (χ3v) is 6.47. The van der Waals surface area contributed by atoms with Crippen LogP contribution < -0.4 is 0 Å². The van der Waals surface area contributed by atoms with Crippen molar-refractivity contribution >= 4 is 0 Å². The molecular formula is C27H40F6N8O2. The van der Waals surface area contributed by atoms with E-state index >= 15 is 0 Å². The number of hydrogen-bond acceptors (Lipinski definition) is 6. The number of aliphatic hydroxyl groups excluding tert-OH is 2. The summed E-state index contributed by atoms with van der Waals surface area (Å²) in [7, 11) is 3.22. The van der Waals surface area contributed by atoms with E-state index in [1.54, 1.807) is 0 Å². The Morgan fingerprint density at radius 3 is 1.49 bits per heavy atom. The van der Waals surface area contributed by atoms with Crippen molar-refractivity contribution in [2.75, 3.05) is 13.2 Å². The zero-order valence-corrected chi connectivity index (χ0v) is 25.8. The average molecular weight is 623 g/mol. The van der Waals surface area contributed by atoms with Crippen LogP contribution in [0.25, 0.3) is 0 Å². The van der Waals surface area contributed by atoms with Crippen LogP contribution in [0.15, 0.2) is 18.6 Å². The molecule has 0 amide bonds. The summed E-state index contributed by atoms with van der Waals surface area (Å²) in [4.78, 5) is 0. The minimum absolute atomic E-state index is 0.0703. The maximum atomic E-state index is 12.2. The highest BCUT2D eigenvalue weighted by Crippen LogP contribution is 2.31. The fourth-order valence-corrected chi connectivity index (χ4v) is 3.68. The van der Waals surface area contributed by atoms with Crippen LogP contribution >= 0.6 is 0 Å². The SMILES string of the molecule is Cc1cn(CCO)nc1C(F)(F)F.Cc1cnn(C)c1C.Cc1cnn(C)c1C(F)(F)F.Cc1nn(CCO)c(C)c1C. The van der Waals surface area contributed by atoms with E-state index in [-0.39, 0.29) is 30.9 Å². The molecule has 16 heteroatoms. The van der Waals surface area contributed by atoms with Gasteiger partial charge in [-0.3, -0.25) is 18.7 Å². The second kappa shape index (κ2) is 15.7. The van der Waals surface area contributed by atoms with Crippen molar-refractivity contribution in [3.63, 3.8) is 0 Å². The standard InChI is InChI=1S/C8H14N2O.C7H9F3N2O.C6H7F3N2.C6H10N2/c1-6-7(2)9-10(4-5-11)8(6)3;1-5-4-12(2-3-13)11-6(5)7(8,9)10;1-4-3-10-11(2)5(4)6(7,8)9;1-5-4-7-8(3)6(5)2/h11H,4-5H2,1-3H3;4,13H,2-3H2,1H3;3H,1-2H3;4H,1-3H3. The van der Waals surface area contributed by atoms with Crippen LogP contribution in [0.3, 0.4) is 0 Å². The molecule has 4 aromatic rings. The van der Waals surface area contributed by atoms with E-state index in [0.717, 1.165) is 20.8 Å². The summed E-state index contributed by atoms with van der Waals surface area (Å²) in [5, 5.41) is 32.2. The van der Waals surface area contributed by atoms with E-state index in [9.17, 15) is 26.3 Å². The van der Waals surface area contributed by atoms with Gasteiger partial charge in [0.05, 0.1) is 44.4 Å². The minimum Gasteiger partial charge on any atom is -0.394 e. The lowest BCUT2D eigenvalue weighted by atomic mass is 10.2. The van der Waals surface area contributed by atoms with E-state index in [1.165, 1.54) is 50.1 Å². The van der Waals surface area contributed by atoms with Crippen LogP contribution in [0.4, 0.5) is 26.3 Å². The van der Waals surface area contributed by atoms with Gasteiger partial charge < -0.3 is 10.2 Å². The highest BCUT2D eigenvalue weighted by molar-refractivity contribution is 5.22. The van der Waals surface area contributed by atoms with Crippen molar-refractivity contribution < 1.29 is 36.6 Å². The molecule has 0 unspecified atom stereocenters. The second-order valence-corrected chi connectivity index (χ2v) is 9.72. The molecule has 4 rings (SSSR count). The molecule has 0 atom stereocenters. The van der Waals surface area contributed by atoms with E-state index < -0.39 is 23.7 Å². The van der Waals surface area contributed by atoms with Gasteiger partial charge >= 0.3 is 12.4 Å². The zero-order chi connectivity index (χ0) is 33.3. The Hall–Kier alpha value is -3.66. The lowest BCUT2D eigenvalue weighted by Gasteiger charge is -2.06. The Morgan fingerprint density at radius 2 is 1.21 bits per heavy atom. The summed E-state index contributed by atoms with van der Waals surface area (Å²) in [6.07, 6.45) is -4.38. The van der Waals surface area contributed by atoms with Gasteiger partial charge in [0.2, 0.25) is 0 Å². The number of nitrogens with zero attached hydrogens (tertiary/aromatic N) is 8. The fraction of sp³-hybridized carbons (Fsp3) is 0.556. The molecule has 0 aliphatic heterocycles. The van der Waals surface area contributed by atoms with Crippen LogP contribution in [0.5, 0.6) is 0 Å². The van der Waals surface area contributed by atoms with Gasteiger partial charge in [-0.25, -0.2) is 0 Å². The van der Waals surface area contributed by atoms with E-state index in [2.05, 4.69) is 34.2 Å². The van der Waals surface area contributed by atoms with Crippen molar-refractivity contribution in [1.29, 1.82) is 0 Å². The number of aryl methyl sites for hydroxylation is 6. The Balaban J connectivity index is 0.000000290. The largest absolute Gasteiger partial charge is 0.435 e. The van der Waals surface area contributed by atoms with Crippen molar-refractivity contribution in [3.05, 3.63) is 69.3 Å². The molecule has 0 spiro atoms. The van der Waals surface area contributed by atoms with Crippen LogP contribution in [0.2, 0.25) is 0 Å². The fourth-order valence-electron chi connectivity index (χ4n) is 3.68. The molecule has 0 aliphatic carbocycles. The Bertz CT molecular complexity index is 1390. The van der Waals surface area contributed by atoms with Crippen LogP contribution in [-0.2, 0) is 39.5 Å². The van der Waals surface area contributed by atoms with Gasteiger partial charge in [-0.05, 0) is 70.7 Å². The number of rotatable bonds is 4. The lowest BCUT2D eigenvalue weighted by molar-refractivity contribution is -0.144. The quantitative estimate of drug-likeness (QED) is 0.317. The van der Waals surface area contributed by atoms with Crippen molar-refractivity contribution in [3.8, 4) is 0 Å². The maximum absolute atomic E-state index is 12.2. The Kier molecular flexibility index (Phi) is 13.6. The first kappa shape index (κ1) is 37.4. The van der Waals surface area contributed by atoms with Gasteiger partial charge in [-0.2, -0.15) is 46.7 Å². The number of halogens is 6. The van der Waals surface area contributed by atoms with Gasteiger partial charge in [0.1, 0.15) is 5.69 Å². The van der Waals surface area contributed by atoms with Crippen LogP contribution in [0, 0.1) is 48.5 Å². The van der Waals surface area contributed by atoms with Crippen LogP contribution in [0.1, 0.15) is 50.7 Å². The topological polar surface area (TPSA) is 112 Å². The highest BCUT2D eigenvalue weighted by Gasteiger charge is 2.36. The Morgan fingerprint density at radius 1 is 0.674 bits per heavy atom. The van der Waals surface area contributed by atoms with Crippen molar-refractivity contribution in [1.82, 2.24) is 39.1 Å². The third kappa shape index (κ3) is 10.8. The molecule has 10 nitrogen and oxygen atoms in total. The van der Waals surface area contributed by atoms with Crippen molar-refractivity contribution in [2.24, 2.45) is 14.1 Å². The Labute approximate surface area is 246 Å². The van der Waals surface area contributed by atoms with E-state index in [4.69, 9.17) is 10.2 Å². The molecule has 0 fully saturated rings. The number of hydrogen-bond donors (Lipinski definition) is 2. The van der Waals surface area contributed by atoms with Gasteiger partial charge in [0, 0.05) is 31.7 Å². The van der Waals surface area contributed by atoms with Crippen LogP contribution in [-0.4, -0.2) is 62.5 Å². The van der Waals surface area contributed by atoms with Gasteiger partial charge in [0.25, 0.3) is 0 Å². The monoisotopic (exact) mass is 622 g/mol. The molecule has 2 N–H and O–H groups in total. The minimum atomic E-state index is -4.41. The van der Waals surface area contributed by atoms with Gasteiger partial charge in [-0.15, -0.1) is 0 Å². The molecule has 4 heterocycles. The summed E-state index contributed by atoms with van der Waals surface area (Å²) in [6.45, 7) is 13.5. The highest BCUT2D eigenvalue weighted by atomic mass is 19.4. The first-order valence-corrected chi connectivity index (χ1v) is 13.1. The van der Waals surface area contributed by atoms with Gasteiger partial charge in [-0.1, -0.05) is 0 Å². The van der Waals surface area contributed by atoms with Gasteiger partial charge in [0.15, 0.2) is 5.69 Å². The lowest BCUT2D eigenvalue weighted by Crippen LogP contribution is -2.12. The molecule has 0 aromatic carbocycles. The predicted molar refractivity (Wildman–Crippen MR) is 148 cm³/mol. The average Bonchev–Trinajstić information content (AvgIpc) is 3.60. The maximum Gasteiger partial charge on any atom is 0.435 e. The predicted octanol–water partition coefficient (Wildman–Crippen LogP) is 4.79. The molecule has 0 saturated heterocycles. The van der Waals surface area contributed by atoms with E-state index in [0.29, 0.717) is 6.54 Å². The summed E-state index contributed by atoms with van der Waals surface area (Å²) < 4.78 is 78.4. The molecule has 43 heavy (non-hydrogen) atoms. The van der Waals surface area contributed by atoms with Crippen molar-refractivity contribution in [2.45, 2.75) is 73.9 Å². The smallest absolute Gasteiger partial charge is 0.394 e. The summed E-state index contributed by atoms with van der Waals surface area (Å²) in [5.41, 5.74) is 4.57. The zero-order valence-electron chi connectivity index (χ0n) is 25.8. The number of aromatic nitrogens is 8. The molecule has 4 aromatic heterocycles. The summed E-state index contributed by atoms with van der Waals surface area (Å²) in [6, 6.07) is 0. The first-order chi connectivity index (χ1) is 19.8. The molecule has 0 aliphatic rings.